The molecule has 1 fully saturated rings. The molecule has 0 radical (unpaired) electrons. The van der Waals surface area contributed by atoms with Crippen LogP contribution in [0, 0.1) is 0 Å². The van der Waals surface area contributed by atoms with Gasteiger partial charge in [-0.3, -0.25) is 0 Å². The molecule has 0 saturated carbocycles. The van der Waals surface area contributed by atoms with Gasteiger partial charge in [-0.15, -0.1) is 0 Å². The maximum Gasteiger partial charge on any atom is 0.220 e. The summed E-state index contributed by atoms with van der Waals surface area (Å²) < 4.78 is 5.92. The number of nitrogens with zero attached hydrogens (tertiary/aromatic N) is 1. The zero-order valence-electron chi connectivity index (χ0n) is 16.0. The van der Waals surface area contributed by atoms with Gasteiger partial charge in [0.05, 0.1) is 26.7 Å². The Kier molecular flexibility index (Phi) is 6.93. The second kappa shape index (κ2) is 9.47. The average molecular weight is 486 g/mol. The number of benzene rings is 2. The van der Waals surface area contributed by atoms with Crippen molar-refractivity contribution in [2.75, 3.05) is 6.54 Å². The van der Waals surface area contributed by atoms with E-state index in [1.807, 2.05) is 0 Å². The van der Waals surface area contributed by atoms with Crippen LogP contribution >= 0.6 is 46.4 Å². The lowest BCUT2D eigenvalue weighted by Crippen LogP contribution is -2.35. The van der Waals surface area contributed by atoms with Crippen molar-refractivity contribution < 1.29 is 9.84 Å². The number of aliphatic hydroxyl groups excluding tert-OH is 1. The van der Waals surface area contributed by atoms with Gasteiger partial charge in [-0.2, -0.15) is 0 Å². The highest BCUT2D eigenvalue weighted by Gasteiger charge is 2.22. The Morgan fingerprint density at radius 3 is 2.60 bits per heavy atom. The molecule has 0 spiro atoms. The molecule has 1 saturated heterocycles. The summed E-state index contributed by atoms with van der Waals surface area (Å²) >= 11 is 24.7. The summed E-state index contributed by atoms with van der Waals surface area (Å²) in [5, 5.41) is 16.9. The molecule has 4 nitrogen and oxygen atoms in total. The third kappa shape index (κ3) is 4.96. The Bertz CT molecular complexity index is 1070. The maximum atomic E-state index is 11.1. The molecule has 158 valence electrons. The zero-order chi connectivity index (χ0) is 21.3. The van der Waals surface area contributed by atoms with Gasteiger partial charge >= 0.3 is 0 Å². The van der Waals surface area contributed by atoms with Crippen LogP contribution in [0.2, 0.25) is 20.1 Å². The van der Waals surface area contributed by atoms with E-state index in [2.05, 4.69) is 10.3 Å². The van der Waals surface area contributed by atoms with Gasteiger partial charge in [0.15, 0.2) is 0 Å². The molecule has 2 N–H and O–H groups in total. The first kappa shape index (κ1) is 21.9. The van der Waals surface area contributed by atoms with Crippen molar-refractivity contribution in [2.24, 2.45) is 0 Å². The average Bonchev–Trinajstić information content (AvgIpc) is 2.71. The highest BCUT2D eigenvalue weighted by Crippen LogP contribution is 2.37. The predicted molar refractivity (Wildman–Crippen MR) is 124 cm³/mol. The van der Waals surface area contributed by atoms with E-state index in [1.54, 1.807) is 36.4 Å². The Balaban J connectivity index is 1.73. The summed E-state index contributed by atoms with van der Waals surface area (Å²) in [6, 6.07) is 10.3. The van der Waals surface area contributed by atoms with E-state index in [0.29, 0.717) is 54.6 Å². The van der Waals surface area contributed by atoms with E-state index in [9.17, 15) is 5.11 Å². The first-order chi connectivity index (χ1) is 14.4. The molecule has 1 aliphatic heterocycles. The van der Waals surface area contributed by atoms with E-state index < -0.39 is 6.10 Å². The lowest BCUT2D eigenvalue weighted by atomic mass is 9.94. The topological polar surface area (TPSA) is 54.4 Å². The molecule has 1 aromatic heterocycles. The summed E-state index contributed by atoms with van der Waals surface area (Å²) in [5.74, 6) is 0.784. The lowest BCUT2D eigenvalue weighted by Gasteiger charge is -2.26. The first-order valence-corrected chi connectivity index (χ1v) is 11.3. The number of ether oxygens (including phenoxy) is 1. The predicted octanol–water partition coefficient (Wildman–Crippen LogP) is 7.21. The molecule has 0 bridgehead atoms. The quantitative estimate of drug-likeness (QED) is 0.401. The number of hydrogen-bond donors (Lipinski definition) is 2. The van der Waals surface area contributed by atoms with E-state index >= 15 is 0 Å². The number of fused-ring (bicyclic) bond motifs is 1. The van der Waals surface area contributed by atoms with E-state index in [4.69, 9.17) is 51.1 Å². The minimum atomic E-state index is -0.725. The van der Waals surface area contributed by atoms with Crippen LogP contribution in [0.5, 0.6) is 11.6 Å². The number of aliphatic hydroxyl groups is 1. The number of hydrogen-bond acceptors (Lipinski definition) is 4. The van der Waals surface area contributed by atoms with Crippen LogP contribution in [0.25, 0.3) is 10.9 Å². The number of aromatic nitrogens is 1. The van der Waals surface area contributed by atoms with Crippen LogP contribution in [-0.2, 0) is 0 Å². The standard InChI is InChI=1S/C22H20Cl4N2O2/c23-12-7-16-15(20(29)9-13-3-1-2-6-27-13)11-21(28-22(16)19(26)8-12)30-14-4-5-17(24)18(25)10-14/h4-5,7-8,10-11,13,20,27,29H,1-3,6,9H2. The van der Waals surface area contributed by atoms with Crippen molar-refractivity contribution in [2.45, 2.75) is 37.8 Å². The number of nitrogens with one attached hydrogen (secondary N) is 1. The molecule has 0 aliphatic carbocycles. The second-order valence-corrected chi connectivity index (χ2v) is 9.07. The van der Waals surface area contributed by atoms with Crippen molar-refractivity contribution >= 4 is 57.3 Å². The van der Waals surface area contributed by atoms with Gasteiger partial charge in [0, 0.05) is 28.6 Å². The van der Waals surface area contributed by atoms with Gasteiger partial charge in [-0.25, -0.2) is 4.98 Å². The fraction of sp³-hybridized carbons (Fsp3) is 0.318. The fourth-order valence-corrected chi connectivity index (χ4v) is 4.59. The molecular weight excluding hydrogens is 466 g/mol. The molecule has 3 aromatic rings. The van der Waals surface area contributed by atoms with E-state index in [-0.39, 0.29) is 6.04 Å². The molecule has 2 aromatic carbocycles. The molecule has 2 heterocycles. The third-order valence-corrected chi connectivity index (χ3v) is 6.48. The Morgan fingerprint density at radius 1 is 1.03 bits per heavy atom. The minimum Gasteiger partial charge on any atom is -0.439 e. The summed E-state index contributed by atoms with van der Waals surface area (Å²) in [4.78, 5) is 4.54. The first-order valence-electron chi connectivity index (χ1n) is 9.75. The number of rotatable bonds is 5. The van der Waals surface area contributed by atoms with Crippen molar-refractivity contribution in [1.29, 1.82) is 0 Å². The third-order valence-electron chi connectivity index (χ3n) is 5.23. The SMILES string of the molecule is OC(CC1CCCCN1)c1cc(Oc2ccc(Cl)c(Cl)c2)nc2c(Cl)cc(Cl)cc12. The lowest BCUT2D eigenvalue weighted by molar-refractivity contribution is 0.145. The molecule has 2 atom stereocenters. The van der Waals surface area contributed by atoms with Gasteiger partial charge in [0.1, 0.15) is 5.75 Å². The van der Waals surface area contributed by atoms with Crippen LogP contribution in [0.15, 0.2) is 36.4 Å². The Hall–Kier alpha value is -1.27. The monoisotopic (exact) mass is 484 g/mol. The van der Waals surface area contributed by atoms with Crippen molar-refractivity contribution in [1.82, 2.24) is 10.3 Å². The summed E-state index contributed by atoms with van der Waals surface area (Å²) in [7, 11) is 0. The van der Waals surface area contributed by atoms with Gasteiger partial charge in [-0.05, 0) is 55.6 Å². The molecule has 30 heavy (non-hydrogen) atoms. The highest BCUT2D eigenvalue weighted by molar-refractivity contribution is 6.42. The molecule has 1 aliphatic rings. The number of halogens is 4. The van der Waals surface area contributed by atoms with Crippen molar-refractivity contribution in [3.05, 3.63) is 62.1 Å². The van der Waals surface area contributed by atoms with E-state index in [0.717, 1.165) is 25.8 Å². The molecule has 4 rings (SSSR count). The van der Waals surface area contributed by atoms with Crippen molar-refractivity contribution in [3.63, 3.8) is 0 Å². The maximum absolute atomic E-state index is 11.1. The second-order valence-electron chi connectivity index (χ2n) is 7.41. The Morgan fingerprint density at radius 2 is 1.87 bits per heavy atom. The summed E-state index contributed by atoms with van der Waals surface area (Å²) in [6.45, 7) is 0.970. The van der Waals surface area contributed by atoms with Gasteiger partial charge in [-0.1, -0.05) is 52.8 Å². The molecule has 0 amide bonds. The fourth-order valence-electron chi connectivity index (χ4n) is 3.76. The van der Waals surface area contributed by atoms with Crippen molar-refractivity contribution in [3.8, 4) is 11.6 Å². The summed E-state index contributed by atoms with van der Waals surface area (Å²) in [6.07, 6.45) is 3.21. The molecule has 8 heteroatoms. The normalized spacial score (nSPS) is 17.8. The highest BCUT2D eigenvalue weighted by atomic mass is 35.5. The Labute approximate surface area is 195 Å². The smallest absolute Gasteiger partial charge is 0.220 e. The van der Waals surface area contributed by atoms with Crippen LogP contribution < -0.4 is 10.1 Å². The van der Waals surface area contributed by atoms with Gasteiger partial charge in [0.2, 0.25) is 5.88 Å². The van der Waals surface area contributed by atoms with Crippen LogP contribution in [0.3, 0.4) is 0 Å². The molecular formula is C22H20Cl4N2O2. The largest absolute Gasteiger partial charge is 0.439 e. The zero-order valence-corrected chi connectivity index (χ0v) is 19.0. The number of pyridine rings is 1. The molecule has 2 unspecified atom stereocenters. The van der Waals surface area contributed by atoms with E-state index in [1.165, 1.54) is 0 Å². The van der Waals surface area contributed by atoms with Gasteiger partial charge in [0.25, 0.3) is 0 Å². The summed E-state index contributed by atoms with van der Waals surface area (Å²) in [5.41, 5.74) is 1.19. The van der Waals surface area contributed by atoms with Gasteiger partial charge < -0.3 is 15.2 Å². The van der Waals surface area contributed by atoms with Crippen LogP contribution in [-0.4, -0.2) is 22.7 Å². The van der Waals surface area contributed by atoms with Crippen LogP contribution in [0.1, 0.15) is 37.4 Å². The van der Waals surface area contributed by atoms with Crippen LogP contribution in [0.4, 0.5) is 0 Å². The minimum absolute atomic E-state index is 0.256. The number of piperidine rings is 1.